The van der Waals surface area contributed by atoms with Crippen LogP contribution in [0.25, 0.3) is 0 Å². The number of nitro groups is 1. The van der Waals surface area contributed by atoms with E-state index in [0.29, 0.717) is 25.2 Å². The molecule has 0 aromatic heterocycles. The van der Waals surface area contributed by atoms with Crippen LogP contribution in [-0.2, 0) is 20.6 Å². The maximum atomic E-state index is 11.7. The Morgan fingerprint density at radius 2 is 2.09 bits per heavy atom. The molecule has 1 heterocycles. The Balaban J connectivity index is 2.42. The number of esters is 1. The van der Waals surface area contributed by atoms with Gasteiger partial charge in [0, 0.05) is 18.4 Å². The van der Waals surface area contributed by atoms with E-state index in [1.165, 1.54) is 13.2 Å². The molecule has 1 aliphatic rings. The summed E-state index contributed by atoms with van der Waals surface area (Å²) in [5.41, 5.74) is 0.0989. The first-order valence-corrected chi connectivity index (χ1v) is 7.15. The molecule has 2 rings (SSSR count). The normalized spacial score (nSPS) is 16.5. The maximum absolute atomic E-state index is 11.7. The number of carbonyl (C=O) groups is 1. The molecule has 0 atom stereocenters. The van der Waals surface area contributed by atoms with Gasteiger partial charge in [-0.25, -0.2) is 4.79 Å². The lowest BCUT2D eigenvalue weighted by molar-refractivity contribution is -0.386. The van der Waals surface area contributed by atoms with Crippen molar-refractivity contribution in [2.45, 2.75) is 32.0 Å². The fourth-order valence-electron chi connectivity index (χ4n) is 2.73. The van der Waals surface area contributed by atoms with E-state index in [4.69, 9.17) is 9.47 Å². The molecule has 1 aromatic rings. The number of nitrogens with zero attached hydrogens (tertiary/aromatic N) is 1. The van der Waals surface area contributed by atoms with Crippen LogP contribution in [-0.4, -0.2) is 37.0 Å². The molecular weight excluding hydrogens is 290 g/mol. The topological polar surface area (TPSA) is 87.9 Å². The van der Waals surface area contributed by atoms with Gasteiger partial charge in [0.1, 0.15) is 5.56 Å². The van der Waals surface area contributed by atoms with Crippen molar-refractivity contribution in [1.29, 1.82) is 0 Å². The molecule has 0 amide bonds. The molecule has 0 unspecified atom stereocenters. The maximum Gasteiger partial charge on any atom is 0.344 e. The number of carbonyl (C=O) groups excluding carboxylic acids is 1. The van der Waals surface area contributed by atoms with Crippen LogP contribution < -0.4 is 0 Å². The highest BCUT2D eigenvalue weighted by atomic mass is 16.7. The van der Waals surface area contributed by atoms with Crippen LogP contribution >= 0.6 is 0 Å². The molecule has 1 fully saturated rings. The second-order valence-electron chi connectivity index (χ2n) is 5.10. The third-order valence-electron chi connectivity index (χ3n) is 3.61. The second kappa shape index (κ2) is 6.85. The summed E-state index contributed by atoms with van der Waals surface area (Å²) in [6.07, 6.45) is 1.68. The van der Waals surface area contributed by atoms with Crippen molar-refractivity contribution in [2.75, 3.05) is 20.3 Å². The van der Waals surface area contributed by atoms with Gasteiger partial charge in [0.25, 0.3) is 5.69 Å². The van der Waals surface area contributed by atoms with Crippen molar-refractivity contribution in [1.82, 2.24) is 0 Å². The first-order chi connectivity index (χ1) is 10.5. The number of ether oxygens (including phenoxy) is 3. The Labute approximate surface area is 128 Å². The molecule has 22 heavy (non-hydrogen) atoms. The molecule has 7 heteroatoms. The van der Waals surface area contributed by atoms with Gasteiger partial charge < -0.3 is 14.2 Å². The SMILES string of the molecule is CCCC1(Cc2cccc(C(=O)OC)c2[N+](=O)[O-])OCCO1. The van der Waals surface area contributed by atoms with E-state index in [1.807, 2.05) is 6.92 Å². The van der Waals surface area contributed by atoms with Crippen molar-refractivity contribution < 1.29 is 23.9 Å². The number of rotatable bonds is 6. The van der Waals surface area contributed by atoms with Crippen LogP contribution in [0.1, 0.15) is 35.7 Å². The highest BCUT2D eigenvalue weighted by molar-refractivity contribution is 5.94. The molecule has 0 bridgehead atoms. The van der Waals surface area contributed by atoms with E-state index in [9.17, 15) is 14.9 Å². The van der Waals surface area contributed by atoms with Gasteiger partial charge >= 0.3 is 5.97 Å². The Bertz CT molecular complexity index is 565. The summed E-state index contributed by atoms with van der Waals surface area (Å²) in [5, 5.41) is 11.4. The number of nitro benzene ring substituents is 1. The molecular formula is C15H19NO6. The standard InChI is InChI=1S/C15H19NO6/c1-3-7-15(21-8-9-22-15)10-11-5-4-6-12(14(17)20-2)13(11)16(18)19/h4-6H,3,7-10H2,1-2H3. The Kier molecular flexibility index (Phi) is 5.10. The molecule has 0 aliphatic carbocycles. The third-order valence-corrected chi connectivity index (χ3v) is 3.61. The van der Waals surface area contributed by atoms with E-state index in [2.05, 4.69) is 4.74 Å². The first kappa shape index (κ1) is 16.4. The molecule has 1 saturated heterocycles. The lowest BCUT2D eigenvalue weighted by Gasteiger charge is -2.27. The van der Waals surface area contributed by atoms with Gasteiger partial charge in [-0.3, -0.25) is 10.1 Å². The predicted molar refractivity (Wildman–Crippen MR) is 77.7 cm³/mol. The Morgan fingerprint density at radius 3 is 2.64 bits per heavy atom. The molecule has 0 saturated carbocycles. The van der Waals surface area contributed by atoms with Gasteiger partial charge in [0.05, 0.1) is 25.2 Å². The minimum absolute atomic E-state index is 0.0605. The largest absolute Gasteiger partial charge is 0.465 e. The minimum Gasteiger partial charge on any atom is -0.465 e. The van der Waals surface area contributed by atoms with Crippen molar-refractivity contribution in [3.63, 3.8) is 0 Å². The number of hydrogen-bond acceptors (Lipinski definition) is 6. The van der Waals surface area contributed by atoms with E-state index >= 15 is 0 Å². The third kappa shape index (κ3) is 3.26. The average molecular weight is 309 g/mol. The van der Waals surface area contributed by atoms with Crippen LogP contribution in [0.4, 0.5) is 5.69 Å². The number of hydrogen-bond donors (Lipinski definition) is 0. The van der Waals surface area contributed by atoms with Gasteiger partial charge in [0.15, 0.2) is 5.79 Å². The molecule has 120 valence electrons. The lowest BCUT2D eigenvalue weighted by atomic mass is 9.97. The summed E-state index contributed by atoms with van der Waals surface area (Å²) in [4.78, 5) is 22.6. The smallest absolute Gasteiger partial charge is 0.344 e. The minimum atomic E-state index is -0.853. The van der Waals surface area contributed by atoms with Gasteiger partial charge in [-0.05, 0) is 6.07 Å². The fourth-order valence-corrected chi connectivity index (χ4v) is 2.73. The number of benzene rings is 1. The zero-order valence-electron chi connectivity index (χ0n) is 12.7. The average Bonchev–Trinajstić information content (AvgIpc) is 2.94. The highest BCUT2D eigenvalue weighted by Gasteiger charge is 2.38. The van der Waals surface area contributed by atoms with Gasteiger partial charge in [-0.2, -0.15) is 0 Å². The highest BCUT2D eigenvalue weighted by Crippen LogP contribution is 2.34. The summed E-state index contributed by atoms with van der Waals surface area (Å²) < 4.78 is 16.0. The molecule has 0 spiro atoms. The zero-order chi connectivity index (χ0) is 16.2. The predicted octanol–water partition coefficient (Wildman–Crippen LogP) is 2.47. The summed E-state index contributed by atoms with van der Waals surface area (Å²) >= 11 is 0. The quantitative estimate of drug-likeness (QED) is 0.455. The molecule has 0 N–H and O–H groups in total. The molecule has 0 radical (unpaired) electrons. The number of methoxy groups -OCH3 is 1. The van der Waals surface area contributed by atoms with Crippen LogP contribution in [0.5, 0.6) is 0 Å². The van der Waals surface area contributed by atoms with Gasteiger partial charge in [-0.15, -0.1) is 0 Å². The first-order valence-electron chi connectivity index (χ1n) is 7.15. The van der Waals surface area contributed by atoms with Crippen molar-refractivity contribution in [3.05, 3.63) is 39.4 Å². The molecule has 1 aromatic carbocycles. The summed E-state index contributed by atoms with van der Waals surface area (Å²) in [5.74, 6) is -1.58. The summed E-state index contributed by atoms with van der Waals surface area (Å²) in [6.45, 7) is 2.92. The van der Waals surface area contributed by atoms with E-state index in [-0.39, 0.29) is 17.7 Å². The van der Waals surface area contributed by atoms with E-state index in [0.717, 1.165) is 6.42 Å². The monoisotopic (exact) mass is 309 g/mol. The van der Waals surface area contributed by atoms with E-state index < -0.39 is 16.7 Å². The lowest BCUT2D eigenvalue weighted by Crippen LogP contribution is -2.33. The van der Waals surface area contributed by atoms with Crippen molar-refractivity contribution in [2.24, 2.45) is 0 Å². The van der Waals surface area contributed by atoms with Crippen LogP contribution in [0.15, 0.2) is 18.2 Å². The van der Waals surface area contributed by atoms with Crippen LogP contribution in [0.2, 0.25) is 0 Å². The molecule has 7 nitrogen and oxygen atoms in total. The Hall–Kier alpha value is -1.99. The van der Waals surface area contributed by atoms with Crippen LogP contribution in [0, 0.1) is 10.1 Å². The van der Waals surface area contributed by atoms with Crippen molar-refractivity contribution in [3.8, 4) is 0 Å². The number of para-hydroxylation sites is 1. The fraction of sp³-hybridized carbons (Fsp3) is 0.533. The van der Waals surface area contributed by atoms with E-state index in [1.54, 1.807) is 12.1 Å². The van der Waals surface area contributed by atoms with Crippen LogP contribution in [0.3, 0.4) is 0 Å². The van der Waals surface area contributed by atoms with Gasteiger partial charge in [-0.1, -0.05) is 25.5 Å². The second-order valence-corrected chi connectivity index (χ2v) is 5.10. The summed E-state index contributed by atoms with van der Waals surface area (Å²) in [7, 11) is 1.19. The zero-order valence-corrected chi connectivity index (χ0v) is 12.7. The summed E-state index contributed by atoms with van der Waals surface area (Å²) in [6, 6.07) is 4.60. The Morgan fingerprint density at radius 1 is 1.41 bits per heavy atom. The van der Waals surface area contributed by atoms with Crippen molar-refractivity contribution >= 4 is 11.7 Å². The molecule has 1 aliphatic heterocycles. The van der Waals surface area contributed by atoms with Gasteiger partial charge in [0.2, 0.25) is 0 Å².